The van der Waals surface area contributed by atoms with Crippen LogP contribution < -0.4 is 5.73 Å². The summed E-state index contributed by atoms with van der Waals surface area (Å²) in [7, 11) is 0. The molecule has 0 aromatic heterocycles. The first kappa shape index (κ1) is 9.97. The van der Waals surface area contributed by atoms with Gasteiger partial charge in [-0.3, -0.25) is 4.79 Å². The van der Waals surface area contributed by atoms with Crippen molar-refractivity contribution in [1.29, 1.82) is 0 Å². The summed E-state index contributed by atoms with van der Waals surface area (Å²) in [6.07, 6.45) is 2.89. The van der Waals surface area contributed by atoms with Gasteiger partial charge in [-0.1, -0.05) is 0 Å². The minimum absolute atomic E-state index is 0.0300. The Bertz CT molecular complexity index is 261. The van der Waals surface area contributed by atoms with Crippen LogP contribution in [0.1, 0.15) is 40.0 Å². The third kappa shape index (κ3) is 1.34. The zero-order valence-corrected chi connectivity index (χ0v) is 9.17. The number of carbonyl (C=O) groups is 1. The summed E-state index contributed by atoms with van der Waals surface area (Å²) in [5.74, 6) is 0.601. The van der Waals surface area contributed by atoms with Crippen molar-refractivity contribution in [3.05, 3.63) is 0 Å². The van der Waals surface area contributed by atoms with Crippen molar-refractivity contribution >= 4 is 5.97 Å². The summed E-state index contributed by atoms with van der Waals surface area (Å²) in [6, 6.07) is 0.0300. The molecular weight excluding hydrogens is 178 g/mol. The molecule has 1 atom stereocenters. The lowest BCUT2D eigenvalue weighted by Gasteiger charge is -2.39. The normalized spacial score (nSPS) is 40.6. The number of hydrogen-bond donors (Lipinski definition) is 1. The van der Waals surface area contributed by atoms with Crippen molar-refractivity contribution in [1.82, 2.24) is 0 Å². The summed E-state index contributed by atoms with van der Waals surface area (Å²) in [4.78, 5) is 11.9. The Morgan fingerprint density at radius 1 is 1.43 bits per heavy atom. The van der Waals surface area contributed by atoms with E-state index in [9.17, 15) is 4.79 Å². The van der Waals surface area contributed by atoms with E-state index in [2.05, 4.69) is 0 Å². The van der Waals surface area contributed by atoms with Gasteiger partial charge in [-0.05, 0) is 46.0 Å². The van der Waals surface area contributed by atoms with Crippen LogP contribution in [-0.2, 0) is 9.53 Å². The fourth-order valence-electron chi connectivity index (χ4n) is 2.72. The number of ether oxygens (including phenoxy) is 1. The summed E-state index contributed by atoms with van der Waals surface area (Å²) in [6.45, 7) is 5.70. The van der Waals surface area contributed by atoms with Crippen LogP contribution in [0.15, 0.2) is 0 Å². The van der Waals surface area contributed by atoms with E-state index in [1.807, 2.05) is 20.8 Å². The maximum atomic E-state index is 11.9. The van der Waals surface area contributed by atoms with E-state index in [1.165, 1.54) is 0 Å². The molecule has 3 saturated carbocycles. The molecule has 3 heteroatoms. The zero-order chi connectivity index (χ0) is 10.6. The van der Waals surface area contributed by atoms with E-state index in [1.54, 1.807) is 0 Å². The Morgan fingerprint density at radius 2 is 2.00 bits per heavy atom. The maximum absolute atomic E-state index is 11.9. The fourth-order valence-corrected chi connectivity index (χ4v) is 2.72. The van der Waals surface area contributed by atoms with E-state index >= 15 is 0 Å². The van der Waals surface area contributed by atoms with E-state index in [0.29, 0.717) is 5.92 Å². The third-order valence-corrected chi connectivity index (χ3v) is 3.41. The molecule has 3 aliphatic carbocycles. The van der Waals surface area contributed by atoms with Crippen molar-refractivity contribution in [2.75, 3.05) is 0 Å². The molecule has 1 unspecified atom stereocenters. The Labute approximate surface area is 85.0 Å². The van der Waals surface area contributed by atoms with Crippen molar-refractivity contribution in [3.8, 4) is 0 Å². The average molecular weight is 197 g/mol. The predicted molar refractivity (Wildman–Crippen MR) is 53.6 cm³/mol. The Kier molecular flexibility index (Phi) is 1.94. The van der Waals surface area contributed by atoms with E-state index < -0.39 is 0 Å². The molecule has 0 saturated heterocycles. The number of hydrogen-bond acceptors (Lipinski definition) is 3. The van der Waals surface area contributed by atoms with Gasteiger partial charge in [-0.2, -0.15) is 0 Å². The molecule has 3 fully saturated rings. The van der Waals surface area contributed by atoms with Gasteiger partial charge in [0.15, 0.2) is 0 Å². The molecular formula is C11H19NO2. The van der Waals surface area contributed by atoms with E-state index in [4.69, 9.17) is 10.5 Å². The topological polar surface area (TPSA) is 52.3 Å². The summed E-state index contributed by atoms with van der Waals surface area (Å²) < 4.78 is 5.41. The van der Waals surface area contributed by atoms with Crippen LogP contribution in [0.3, 0.4) is 0 Å². The lowest BCUT2D eigenvalue weighted by atomic mass is 9.68. The predicted octanol–water partition coefficient (Wildman–Crippen LogP) is 1.46. The third-order valence-electron chi connectivity index (χ3n) is 3.41. The first-order chi connectivity index (χ1) is 6.33. The second-order valence-electron chi connectivity index (χ2n) is 5.77. The summed E-state index contributed by atoms with van der Waals surface area (Å²) in [5.41, 5.74) is 5.26. The van der Waals surface area contributed by atoms with Gasteiger partial charge < -0.3 is 10.5 Å². The molecule has 2 bridgehead atoms. The highest BCUT2D eigenvalue weighted by atomic mass is 16.6. The lowest BCUT2D eigenvalue weighted by molar-refractivity contribution is -0.173. The Balaban J connectivity index is 2.06. The minimum Gasteiger partial charge on any atom is -0.459 e. The zero-order valence-electron chi connectivity index (χ0n) is 9.17. The highest BCUT2D eigenvalue weighted by molar-refractivity contribution is 5.80. The second kappa shape index (κ2) is 2.72. The van der Waals surface area contributed by atoms with Crippen LogP contribution in [0, 0.1) is 11.3 Å². The van der Waals surface area contributed by atoms with E-state index in [-0.39, 0.29) is 23.0 Å². The lowest BCUT2D eigenvalue weighted by Crippen LogP contribution is -2.49. The van der Waals surface area contributed by atoms with E-state index in [0.717, 1.165) is 19.3 Å². The Morgan fingerprint density at radius 3 is 2.36 bits per heavy atom. The number of esters is 1. The van der Waals surface area contributed by atoms with Crippen LogP contribution in [-0.4, -0.2) is 17.6 Å². The van der Waals surface area contributed by atoms with Gasteiger partial charge in [0.1, 0.15) is 5.60 Å². The van der Waals surface area contributed by atoms with Crippen LogP contribution in [0.2, 0.25) is 0 Å². The van der Waals surface area contributed by atoms with Crippen molar-refractivity contribution in [2.45, 2.75) is 51.7 Å². The molecule has 0 radical (unpaired) electrons. The molecule has 14 heavy (non-hydrogen) atoms. The second-order valence-corrected chi connectivity index (χ2v) is 5.77. The molecule has 3 nitrogen and oxygen atoms in total. The molecule has 0 spiro atoms. The van der Waals surface area contributed by atoms with Crippen molar-refractivity contribution in [3.63, 3.8) is 0 Å². The van der Waals surface area contributed by atoms with Crippen molar-refractivity contribution < 1.29 is 9.53 Å². The van der Waals surface area contributed by atoms with Gasteiger partial charge in [-0.25, -0.2) is 0 Å². The first-order valence-corrected chi connectivity index (χ1v) is 5.32. The number of nitrogens with two attached hydrogens (primary N) is 1. The first-order valence-electron chi connectivity index (χ1n) is 5.32. The van der Waals surface area contributed by atoms with Gasteiger partial charge in [0.05, 0.1) is 5.41 Å². The largest absolute Gasteiger partial charge is 0.459 e. The fraction of sp³-hybridized carbons (Fsp3) is 0.909. The van der Waals surface area contributed by atoms with Crippen LogP contribution >= 0.6 is 0 Å². The molecule has 0 heterocycles. The molecule has 3 rings (SSSR count). The highest BCUT2D eigenvalue weighted by Crippen LogP contribution is 2.58. The smallest absolute Gasteiger partial charge is 0.314 e. The molecule has 0 aliphatic heterocycles. The van der Waals surface area contributed by atoms with Gasteiger partial charge in [-0.15, -0.1) is 0 Å². The highest BCUT2D eigenvalue weighted by Gasteiger charge is 2.61. The van der Waals surface area contributed by atoms with Gasteiger partial charge >= 0.3 is 5.97 Å². The van der Waals surface area contributed by atoms with Gasteiger partial charge in [0, 0.05) is 6.04 Å². The average Bonchev–Trinajstić information content (AvgIpc) is 2.34. The molecule has 3 aliphatic rings. The number of fused-ring (bicyclic) bond motifs is 1. The number of rotatable bonds is 1. The molecule has 0 aromatic carbocycles. The molecule has 80 valence electrons. The number of carbonyl (C=O) groups excluding carboxylic acids is 1. The van der Waals surface area contributed by atoms with Crippen LogP contribution in [0.5, 0.6) is 0 Å². The SMILES string of the molecule is CC(C)(C)OC(=O)C12CC(CC1N)C2. The molecule has 0 aromatic rings. The monoisotopic (exact) mass is 197 g/mol. The summed E-state index contributed by atoms with van der Waals surface area (Å²) >= 11 is 0. The molecule has 0 amide bonds. The standard InChI is InChI=1S/C11H19NO2/c1-10(2,3)14-9(13)11-5-7(6-11)4-8(11)12/h7-8H,4-6,12H2,1-3H3. The quantitative estimate of drug-likeness (QED) is 0.647. The van der Waals surface area contributed by atoms with Crippen molar-refractivity contribution in [2.24, 2.45) is 17.1 Å². The summed E-state index contributed by atoms with van der Waals surface area (Å²) in [5, 5.41) is 0. The van der Waals surface area contributed by atoms with Crippen LogP contribution in [0.25, 0.3) is 0 Å². The minimum atomic E-state index is -0.390. The van der Waals surface area contributed by atoms with Gasteiger partial charge in [0.2, 0.25) is 0 Å². The molecule has 2 N–H and O–H groups in total. The van der Waals surface area contributed by atoms with Crippen LogP contribution in [0.4, 0.5) is 0 Å². The van der Waals surface area contributed by atoms with Gasteiger partial charge in [0.25, 0.3) is 0 Å². The maximum Gasteiger partial charge on any atom is 0.314 e. The Hall–Kier alpha value is -0.570.